The van der Waals surface area contributed by atoms with Gasteiger partial charge in [0.1, 0.15) is 0 Å². The Balaban J connectivity index is 1.73. The summed E-state index contributed by atoms with van der Waals surface area (Å²) in [7, 11) is -3.77. The number of sulfonamides is 1. The van der Waals surface area contributed by atoms with E-state index >= 15 is 0 Å². The van der Waals surface area contributed by atoms with E-state index in [4.69, 9.17) is 0 Å². The number of hydrogen-bond donors (Lipinski definition) is 0. The molecule has 1 fully saturated rings. The molecule has 0 saturated carbocycles. The molecular weight excluding hydrogens is 416 g/mol. The number of hydrogen-bond acceptors (Lipinski definition) is 4. The maximum absolute atomic E-state index is 13.6. The minimum absolute atomic E-state index is 0.0619. The topological polar surface area (TPSA) is 57.7 Å². The molecule has 2 aromatic carbocycles. The Labute approximate surface area is 183 Å². The van der Waals surface area contributed by atoms with Crippen molar-refractivity contribution in [2.24, 2.45) is 0 Å². The predicted octanol–water partition coefficient (Wildman–Crippen LogP) is 4.56. The van der Waals surface area contributed by atoms with Crippen LogP contribution < -0.4 is 4.31 Å². The minimum Gasteiger partial charge on any atom is -0.339 e. The summed E-state index contributed by atoms with van der Waals surface area (Å²) in [5, 5.41) is 0. The van der Waals surface area contributed by atoms with Crippen LogP contribution in [0.1, 0.15) is 48.5 Å². The molecule has 1 saturated heterocycles. The van der Waals surface area contributed by atoms with Crippen LogP contribution in [0.15, 0.2) is 52.3 Å². The van der Waals surface area contributed by atoms with Crippen molar-refractivity contribution in [2.75, 3.05) is 23.7 Å². The third kappa shape index (κ3) is 3.85. The van der Waals surface area contributed by atoms with E-state index in [1.165, 1.54) is 16.1 Å². The highest BCUT2D eigenvalue weighted by Gasteiger charge is 2.36. The van der Waals surface area contributed by atoms with Crippen molar-refractivity contribution in [2.45, 2.75) is 54.9 Å². The molecule has 1 atom stereocenters. The molecule has 1 amide bonds. The lowest BCUT2D eigenvalue weighted by Crippen LogP contribution is -2.36. The third-order valence-corrected chi connectivity index (χ3v) is 8.72. The van der Waals surface area contributed by atoms with Crippen molar-refractivity contribution in [3.63, 3.8) is 0 Å². The van der Waals surface area contributed by atoms with Crippen LogP contribution >= 0.6 is 11.8 Å². The van der Waals surface area contributed by atoms with Crippen LogP contribution in [0.2, 0.25) is 0 Å². The van der Waals surface area contributed by atoms with Gasteiger partial charge in [0.15, 0.2) is 0 Å². The molecule has 0 aromatic heterocycles. The average Bonchev–Trinajstić information content (AvgIpc) is 2.91. The van der Waals surface area contributed by atoms with Crippen molar-refractivity contribution in [3.8, 4) is 0 Å². The minimum atomic E-state index is -3.77. The fraction of sp³-hybridized carbons (Fsp3) is 0.435. The molecule has 0 N–H and O–H groups in total. The number of carbonyl (C=O) groups is 1. The van der Waals surface area contributed by atoms with Crippen molar-refractivity contribution in [3.05, 3.63) is 53.6 Å². The lowest BCUT2D eigenvalue weighted by atomic mass is 10.1. The van der Waals surface area contributed by atoms with Crippen LogP contribution in [0.4, 0.5) is 5.69 Å². The van der Waals surface area contributed by atoms with Gasteiger partial charge >= 0.3 is 0 Å². The van der Waals surface area contributed by atoms with Gasteiger partial charge in [-0.25, -0.2) is 8.42 Å². The molecule has 0 aliphatic carbocycles. The predicted molar refractivity (Wildman–Crippen MR) is 122 cm³/mol. The average molecular weight is 445 g/mol. The smallest absolute Gasteiger partial charge is 0.264 e. The summed E-state index contributed by atoms with van der Waals surface area (Å²) < 4.78 is 28.7. The Hall–Kier alpha value is -1.99. The molecule has 0 spiro atoms. The fourth-order valence-corrected chi connectivity index (χ4v) is 6.77. The van der Waals surface area contributed by atoms with Crippen LogP contribution in [0.5, 0.6) is 0 Å². The van der Waals surface area contributed by atoms with E-state index in [0.29, 0.717) is 12.0 Å². The second-order valence-corrected chi connectivity index (χ2v) is 10.7. The summed E-state index contributed by atoms with van der Waals surface area (Å²) >= 11 is 1.48. The molecule has 2 aromatic rings. The Bertz CT molecular complexity index is 1040. The van der Waals surface area contributed by atoms with Crippen LogP contribution in [0.25, 0.3) is 0 Å². The van der Waals surface area contributed by atoms with E-state index in [0.717, 1.165) is 54.9 Å². The summed E-state index contributed by atoms with van der Waals surface area (Å²) in [5.74, 6) is -0.0619. The second kappa shape index (κ2) is 8.63. The zero-order chi connectivity index (χ0) is 21.3. The van der Waals surface area contributed by atoms with Crippen molar-refractivity contribution < 1.29 is 13.2 Å². The van der Waals surface area contributed by atoms with Gasteiger partial charge in [-0.15, -0.1) is 11.8 Å². The largest absolute Gasteiger partial charge is 0.339 e. The standard InChI is InChI=1S/C23H28N2O3S2/c1-17-15-18-9-5-6-10-21(18)25(17)30(27,28)19-11-12-22(29-2)20(16-19)23(26)24-13-7-3-4-8-14-24/h5-6,9-12,16-17H,3-4,7-8,13-15H2,1-2H3/t17-/m0/s1. The molecule has 30 heavy (non-hydrogen) atoms. The van der Waals surface area contributed by atoms with Crippen LogP contribution in [0.3, 0.4) is 0 Å². The van der Waals surface area contributed by atoms with Crippen LogP contribution in [-0.4, -0.2) is 44.6 Å². The number of fused-ring (bicyclic) bond motifs is 1. The van der Waals surface area contributed by atoms with Gasteiger partial charge in [-0.3, -0.25) is 9.10 Å². The van der Waals surface area contributed by atoms with E-state index in [9.17, 15) is 13.2 Å². The lowest BCUT2D eigenvalue weighted by molar-refractivity contribution is 0.0758. The first-order valence-corrected chi connectivity index (χ1v) is 13.2. The summed E-state index contributed by atoms with van der Waals surface area (Å²) in [6.07, 6.45) is 6.89. The molecule has 2 heterocycles. The molecule has 4 rings (SSSR count). The Morgan fingerprint density at radius 2 is 1.73 bits per heavy atom. The fourth-order valence-electron chi connectivity index (χ4n) is 4.48. The molecule has 0 radical (unpaired) electrons. The molecular formula is C23H28N2O3S2. The van der Waals surface area contributed by atoms with Gasteiger partial charge in [0.05, 0.1) is 16.1 Å². The van der Waals surface area contributed by atoms with Gasteiger partial charge in [-0.05, 0) is 62.3 Å². The zero-order valence-electron chi connectivity index (χ0n) is 17.5. The maximum atomic E-state index is 13.6. The molecule has 2 aliphatic heterocycles. The van der Waals surface area contributed by atoms with Gasteiger partial charge in [0.2, 0.25) is 0 Å². The molecule has 0 bridgehead atoms. The van der Waals surface area contributed by atoms with Crippen LogP contribution in [0, 0.1) is 0 Å². The monoisotopic (exact) mass is 444 g/mol. The highest BCUT2D eigenvalue weighted by Crippen LogP contribution is 2.37. The molecule has 2 aliphatic rings. The third-order valence-electron chi connectivity index (χ3n) is 6.00. The summed E-state index contributed by atoms with van der Waals surface area (Å²) in [6, 6.07) is 12.5. The summed E-state index contributed by atoms with van der Waals surface area (Å²) in [6.45, 7) is 3.40. The number of anilines is 1. The molecule has 7 heteroatoms. The van der Waals surface area contributed by atoms with Crippen molar-refractivity contribution in [1.82, 2.24) is 4.90 Å². The Morgan fingerprint density at radius 3 is 2.43 bits per heavy atom. The first-order chi connectivity index (χ1) is 14.4. The van der Waals surface area contributed by atoms with E-state index in [-0.39, 0.29) is 16.8 Å². The summed E-state index contributed by atoms with van der Waals surface area (Å²) in [4.78, 5) is 16.2. The first-order valence-electron chi connectivity index (χ1n) is 10.5. The van der Waals surface area contributed by atoms with Crippen molar-refractivity contribution >= 4 is 33.4 Å². The van der Waals surface area contributed by atoms with E-state index in [2.05, 4.69) is 0 Å². The normalized spacial score (nSPS) is 19.5. The van der Waals surface area contributed by atoms with Crippen molar-refractivity contribution in [1.29, 1.82) is 0 Å². The number of para-hydroxylation sites is 1. The van der Waals surface area contributed by atoms with Gasteiger partial charge in [-0.2, -0.15) is 0 Å². The Morgan fingerprint density at radius 1 is 1.03 bits per heavy atom. The summed E-state index contributed by atoms with van der Waals surface area (Å²) in [5.41, 5.74) is 2.26. The van der Waals surface area contributed by atoms with E-state index in [1.807, 2.05) is 42.3 Å². The first kappa shape index (κ1) is 21.2. The van der Waals surface area contributed by atoms with Gasteiger partial charge in [0.25, 0.3) is 15.9 Å². The van der Waals surface area contributed by atoms with Gasteiger partial charge in [0, 0.05) is 24.0 Å². The zero-order valence-corrected chi connectivity index (χ0v) is 19.1. The number of thioether (sulfide) groups is 1. The SMILES string of the molecule is CSc1ccc(S(=O)(=O)N2c3ccccc3C[C@@H]2C)cc1C(=O)N1CCCCCC1. The molecule has 0 unspecified atom stereocenters. The van der Waals surface area contributed by atoms with Gasteiger partial charge < -0.3 is 4.90 Å². The number of amides is 1. The molecule has 160 valence electrons. The van der Waals surface area contributed by atoms with Crippen LogP contribution in [-0.2, 0) is 16.4 Å². The molecule has 5 nitrogen and oxygen atoms in total. The van der Waals surface area contributed by atoms with Gasteiger partial charge in [-0.1, -0.05) is 31.0 Å². The van der Waals surface area contributed by atoms with E-state index in [1.54, 1.807) is 18.2 Å². The highest BCUT2D eigenvalue weighted by molar-refractivity contribution is 7.98. The van der Waals surface area contributed by atoms with E-state index < -0.39 is 10.0 Å². The highest BCUT2D eigenvalue weighted by atomic mass is 32.2. The number of nitrogens with zero attached hydrogens (tertiary/aromatic N) is 2. The number of likely N-dealkylation sites (tertiary alicyclic amines) is 1. The number of rotatable bonds is 4. The lowest BCUT2D eigenvalue weighted by Gasteiger charge is -2.26. The quantitative estimate of drug-likeness (QED) is 0.649. The number of carbonyl (C=O) groups excluding carboxylic acids is 1. The maximum Gasteiger partial charge on any atom is 0.264 e. The number of benzene rings is 2. The second-order valence-electron chi connectivity index (χ2n) is 8.05. The Kier molecular flexibility index (Phi) is 6.11.